The molecule has 0 aliphatic carbocycles. The van der Waals surface area contributed by atoms with Crippen LogP contribution in [-0.4, -0.2) is 17.3 Å². The van der Waals surface area contributed by atoms with Crippen molar-refractivity contribution in [2.45, 2.75) is 40.0 Å². The van der Waals surface area contributed by atoms with Crippen LogP contribution in [-0.2, 0) is 5.41 Å². The zero-order chi connectivity index (χ0) is 14.9. The first-order valence-electron chi connectivity index (χ1n) is 6.83. The number of nitrogens with zero attached hydrogens (tertiary/aromatic N) is 2. The number of hydrogen-bond donors (Lipinski definition) is 0. The van der Waals surface area contributed by atoms with E-state index in [1.807, 2.05) is 31.2 Å². The first kappa shape index (κ1) is 14.5. The van der Waals surface area contributed by atoms with Crippen LogP contribution >= 0.6 is 0 Å². The molecule has 2 rings (SSSR count). The molecule has 1 aromatic carbocycles. The van der Waals surface area contributed by atoms with Gasteiger partial charge in [0.15, 0.2) is 0 Å². The standard InChI is InChI=1S/C17H22N2O/c1-11-15(17(3,4)5)12(2)18-19-16(11)13-7-9-14(20-6)10-8-13/h7-10H,1-6H3. The summed E-state index contributed by atoms with van der Waals surface area (Å²) in [4.78, 5) is 0. The van der Waals surface area contributed by atoms with E-state index in [0.717, 1.165) is 22.7 Å². The number of aromatic nitrogens is 2. The van der Waals surface area contributed by atoms with E-state index in [4.69, 9.17) is 4.74 Å². The van der Waals surface area contributed by atoms with Gasteiger partial charge < -0.3 is 4.74 Å². The van der Waals surface area contributed by atoms with Gasteiger partial charge in [-0.2, -0.15) is 5.10 Å². The third-order valence-corrected chi connectivity index (χ3v) is 3.51. The topological polar surface area (TPSA) is 35.0 Å². The lowest BCUT2D eigenvalue weighted by molar-refractivity contribution is 0.415. The van der Waals surface area contributed by atoms with Crippen molar-refractivity contribution >= 4 is 0 Å². The van der Waals surface area contributed by atoms with E-state index in [0.29, 0.717) is 0 Å². The molecule has 0 saturated heterocycles. The summed E-state index contributed by atoms with van der Waals surface area (Å²) in [6, 6.07) is 7.95. The van der Waals surface area contributed by atoms with Crippen LogP contribution in [0.5, 0.6) is 5.75 Å². The zero-order valence-electron chi connectivity index (χ0n) is 13.1. The molecule has 1 aromatic heterocycles. The van der Waals surface area contributed by atoms with Gasteiger partial charge in [-0.05, 0) is 54.7 Å². The summed E-state index contributed by atoms with van der Waals surface area (Å²) in [5.74, 6) is 0.850. The summed E-state index contributed by atoms with van der Waals surface area (Å²) in [6.45, 7) is 10.8. The molecule has 0 unspecified atom stereocenters. The van der Waals surface area contributed by atoms with Gasteiger partial charge in [0, 0.05) is 5.56 Å². The summed E-state index contributed by atoms with van der Waals surface area (Å²) in [7, 11) is 1.67. The highest BCUT2D eigenvalue weighted by Crippen LogP contribution is 2.32. The molecule has 1 heterocycles. The fourth-order valence-corrected chi connectivity index (χ4v) is 2.77. The van der Waals surface area contributed by atoms with Crippen LogP contribution in [0.3, 0.4) is 0 Å². The fraction of sp³-hybridized carbons (Fsp3) is 0.412. The number of hydrogen-bond acceptors (Lipinski definition) is 3. The molecule has 0 saturated carbocycles. The second-order valence-electron chi connectivity index (χ2n) is 6.11. The van der Waals surface area contributed by atoms with Crippen LogP contribution in [0, 0.1) is 13.8 Å². The molecule has 0 bridgehead atoms. The Balaban J connectivity index is 2.58. The largest absolute Gasteiger partial charge is 0.497 e. The molecule has 106 valence electrons. The predicted octanol–water partition coefficient (Wildman–Crippen LogP) is 4.07. The monoisotopic (exact) mass is 270 g/mol. The lowest BCUT2D eigenvalue weighted by atomic mass is 9.82. The normalized spacial score (nSPS) is 11.5. The van der Waals surface area contributed by atoms with Crippen LogP contribution in [0.4, 0.5) is 0 Å². The van der Waals surface area contributed by atoms with Crippen LogP contribution in [0.25, 0.3) is 11.3 Å². The number of rotatable bonds is 2. The van der Waals surface area contributed by atoms with Gasteiger partial charge in [0.05, 0.1) is 18.5 Å². The van der Waals surface area contributed by atoms with Crippen LogP contribution < -0.4 is 4.74 Å². The van der Waals surface area contributed by atoms with E-state index < -0.39 is 0 Å². The van der Waals surface area contributed by atoms with Gasteiger partial charge in [0.25, 0.3) is 0 Å². The van der Waals surface area contributed by atoms with Gasteiger partial charge in [0.1, 0.15) is 5.75 Å². The second-order valence-corrected chi connectivity index (χ2v) is 6.11. The number of aryl methyl sites for hydroxylation is 1. The van der Waals surface area contributed by atoms with Gasteiger partial charge in [-0.1, -0.05) is 20.8 Å². The molecule has 0 N–H and O–H groups in total. The lowest BCUT2D eigenvalue weighted by Crippen LogP contribution is -2.17. The summed E-state index contributed by atoms with van der Waals surface area (Å²) in [6.07, 6.45) is 0. The molecule has 3 nitrogen and oxygen atoms in total. The molecule has 0 radical (unpaired) electrons. The number of methoxy groups -OCH3 is 1. The third-order valence-electron chi connectivity index (χ3n) is 3.51. The van der Waals surface area contributed by atoms with Crippen molar-refractivity contribution in [2.75, 3.05) is 7.11 Å². The Morgan fingerprint density at radius 1 is 0.950 bits per heavy atom. The Morgan fingerprint density at radius 2 is 1.55 bits per heavy atom. The first-order chi connectivity index (χ1) is 9.34. The fourth-order valence-electron chi connectivity index (χ4n) is 2.77. The Morgan fingerprint density at radius 3 is 2.05 bits per heavy atom. The van der Waals surface area contributed by atoms with E-state index in [2.05, 4.69) is 37.9 Å². The zero-order valence-corrected chi connectivity index (χ0v) is 13.1. The molecule has 20 heavy (non-hydrogen) atoms. The van der Waals surface area contributed by atoms with E-state index in [1.54, 1.807) is 7.11 Å². The van der Waals surface area contributed by atoms with Crippen molar-refractivity contribution < 1.29 is 4.74 Å². The molecule has 0 atom stereocenters. The van der Waals surface area contributed by atoms with Gasteiger partial charge in [-0.15, -0.1) is 5.10 Å². The van der Waals surface area contributed by atoms with Gasteiger partial charge in [-0.25, -0.2) is 0 Å². The maximum atomic E-state index is 5.20. The molecule has 0 aliphatic heterocycles. The van der Waals surface area contributed by atoms with E-state index in [9.17, 15) is 0 Å². The minimum Gasteiger partial charge on any atom is -0.497 e. The van der Waals surface area contributed by atoms with E-state index in [1.165, 1.54) is 11.1 Å². The van der Waals surface area contributed by atoms with E-state index >= 15 is 0 Å². The maximum absolute atomic E-state index is 5.20. The van der Waals surface area contributed by atoms with Crippen molar-refractivity contribution in [1.82, 2.24) is 10.2 Å². The molecular weight excluding hydrogens is 248 g/mol. The van der Waals surface area contributed by atoms with Crippen molar-refractivity contribution in [3.05, 3.63) is 41.1 Å². The third kappa shape index (κ3) is 2.67. The number of ether oxygens (including phenoxy) is 1. The molecule has 2 aromatic rings. The van der Waals surface area contributed by atoms with Gasteiger partial charge >= 0.3 is 0 Å². The highest BCUT2D eigenvalue weighted by molar-refractivity contribution is 5.65. The van der Waals surface area contributed by atoms with Crippen molar-refractivity contribution in [2.24, 2.45) is 0 Å². The SMILES string of the molecule is COc1ccc(-c2nnc(C)c(C(C)(C)C)c2C)cc1. The highest BCUT2D eigenvalue weighted by atomic mass is 16.5. The Labute approximate surface area is 121 Å². The molecule has 0 aliphatic rings. The molecule has 3 heteroatoms. The minimum atomic E-state index is 0.0608. The minimum absolute atomic E-state index is 0.0608. The van der Waals surface area contributed by atoms with Crippen LogP contribution in [0.1, 0.15) is 37.6 Å². The summed E-state index contributed by atoms with van der Waals surface area (Å²) in [5.41, 5.74) is 5.57. The summed E-state index contributed by atoms with van der Waals surface area (Å²) in [5, 5.41) is 8.73. The van der Waals surface area contributed by atoms with Gasteiger partial charge in [-0.3, -0.25) is 0 Å². The molecule has 0 fully saturated rings. The molecule has 0 amide bonds. The van der Waals surface area contributed by atoms with Crippen molar-refractivity contribution in [3.8, 4) is 17.0 Å². The Hall–Kier alpha value is -1.90. The number of benzene rings is 1. The summed E-state index contributed by atoms with van der Waals surface area (Å²) >= 11 is 0. The molecule has 0 spiro atoms. The van der Waals surface area contributed by atoms with Gasteiger partial charge in [0.2, 0.25) is 0 Å². The second kappa shape index (κ2) is 5.23. The maximum Gasteiger partial charge on any atom is 0.118 e. The molecular formula is C17H22N2O. The van der Waals surface area contributed by atoms with Crippen LogP contribution in [0.15, 0.2) is 24.3 Å². The Bertz CT molecular complexity index is 610. The quantitative estimate of drug-likeness (QED) is 0.825. The average Bonchev–Trinajstić information content (AvgIpc) is 2.37. The van der Waals surface area contributed by atoms with Crippen molar-refractivity contribution in [1.29, 1.82) is 0 Å². The van der Waals surface area contributed by atoms with E-state index in [-0.39, 0.29) is 5.41 Å². The van der Waals surface area contributed by atoms with Crippen molar-refractivity contribution in [3.63, 3.8) is 0 Å². The first-order valence-corrected chi connectivity index (χ1v) is 6.83. The average molecular weight is 270 g/mol. The smallest absolute Gasteiger partial charge is 0.118 e. The Kier molecular flexibility index (Phi) is 3.80. The van der Waals surface area contributed by atoms with Crippen LogP contribution in [0.2, 0.25) is 0 Å². The highest BCUT2D eigenvalue weighted by Gasteiger charge is 2.22. The lowest BCUT2D eigenvalue weighted by Gasteiger charge is -2.24. The predicted molar refractivity (Wildman–Crippen MR) is 82.2 cm³/mol. The summed E-state index contributed by atoms with van der Waals surface area (Å²) < 4.78 is 5.20.